The SMILES string of the molecule is C=C/C=C(\C=C/C)C(=O)OCCN(CC)C(=O)C(C)(C)Oc1ccc(C)cc1. The molecule has 28 heavy (non-hydrogen) atoms. The molecule has 0 fully saturated rings. The van der Waals surface area contributed by atoms with Gasteiger partial charge in [-0.05, 0) is 52.8 Å². The van der Waals surface area contributed by atoms with Crippen molar-refractivity contribution in [2.24, 2.45) is 0 Å². The molecule has 0 unspecified atom stereocenters. The molecule has 0 aliphatic heterocycles. The molecule has 1 rings (SSSR count). The van der Waals surface area contributed by atoms with E-state index in [4.69, 9.17) is 9.47 Å². The molecule has 0 spiro atoms. The van der Waals surface area contributed by atoms with Crippen LogP contribution >= 0.6 is 0 Å². The zero-order valence-corrected chi connectivity index (χ0v) is 17.5. The van der Waals surface area contributed by atoms with E-state index in [1.165, 1.54) is 6.08 Å². The Bertz CT molecular complexity index is 729. The van der Waals surface area contributed by atoms with Crippen LogP contribution in [0.5, 0.6) is 5.75 Å². The lowest BCUT2D eigenvalue weighted by Crippen LogP contribution is -2.49. The molecular formula is C23H31NO4. The molecule has 0 heterocycles. The van der Waals surface area contributed by atoms with Crippen LogP contribution in [-0.2, 0) is 14.3 Å². The van der Waals surface area contributed by atoms with E-state index in [-0.39, 0.29) is 12.5 Å². The number of allylic oxidation sites excluding steroid dienone is 3. The van der Waals surface area contributed by atoms with Crippen molar-refractivity contribution in [3.63, 3.8) is 0 Å². The summed E-state index contributed by atoms with van der Waals surface area (Å²) in [5.41, 5.74) is 0.500. The zero-order valence-electron chi connectivity index (χ0n) is 17.5. The number of hydrogen-bond donors (Lipinski definition) is 0. The van der Waals surface area contributed by atoms with Gasteiger partial charge in [0.1, 0.15) is 12.4 Å². The van der Waals surface area contributed by atoms with Crippen LogP contribution in [0.2, 0.25) is 0 Å². The van der Waals surface area contributed by atoms with E-state index in [9.17, 15) is 9.59 Å². The van der Waals surface area contributed by atoms with Gasteiger partial charge in [0, 0.05) is 6.54 Å². The first-order valence-corrected chi connectivity index (χ1v) is 9.42. The third-order valence-corrected chi connectivity index (χ3v) is 4.05. The van der Waals surface area contributed by atoms with Crippen LogP contribution in [-0.4, -0.2) is 42.1 Å². The molecule has 0 radical (unpaired) electrons. The molecule has 0 saturated carbocycles. The zero-order chi connectivity index (χ0) is 21.2. The number of likely N-dealkylation sites (N-methyl/N-ethyl adjacent to an activating group) is 1. The molecule has 0 aromatic heterocycles. The van der Waals surface area contributed by atoms with Crippen molar-refractivity contribution in [2.75, 3.05) is 19.7 Å². The Morgan fingerprint density at radius 1 is 1.21 bits per heavy atom. The van der Waals surface area contributed by atoms with Gasteiger partial charge in [0.25, 0.3) is 5.91 Å². The van der Waals surface area contributed by atoms with Gasteiger partial charge in [-0.3, -0.25) is 4.79 Å². The van der Waals surface area contributed by atoms with Gasteiger partial charge in [0.05, 0.1) is 12.1 Å². The van der Waals surface area contributed by atoms with Gasteiger partial charge in [0.2, 0.25) is 0 Å². The first-order chi connectivity index (χ1) is 13.2. The average Bonchev–Trinajstić information content (AvgIpc) is 2.66. The third kappa shape index (κ3) is 7.06. The molecule has 0 N–H and O–H groups in total. The summed E-state index contributed by atoms with van der Waals surface area (Å²) in [5.74, 6) is 0.0237. The van der Waals surface area contributed by atoms with Gasteiger partial charge < -0.3 is 14.4 Å². The first kappa shape index (κ1) is 23.2. The summed E-state index contributed by atoms with van der Waals surface area (Å²) in [6, 6.07) is 7.56. The largest absolute Gasteiger partial charge is 0.478 e. The standard InChI is InChI=1S/C23H31NO4/c1-7-10-19(11-8-2)21(25)27-17-16-24(9-3)22(26)23(5,6)28-20-14-12-18(4)13-15-20/h7-8,10-15H,1,9,16-17H2,2-6H3/b11-8-,19-10+. The van der Waals surface area contributed by atoms with Gasteiger partial charge in [-0.15, -0.1) is 0 Å². The maximum absolute atomic E-state index is 12.9. The summed E-state index contributed by atoms with van der Waals surface area (Å²) in [7, 11) is 0. The van der Waals surface area contributed by atoms with Crippen LogP contribution in [0.1, 0.15) is 33.3 Å². The Kier molecular flexibility index (Phi) is 9.22. The molecule has 0 aliphatic carbocycles. The summed E-state index contributed by atoms with van der Waals surface area (Å²) in [6.07, 6.45) is 6.53. The van der Waals surface area contributed by atoms with Gasteiger partial charge in [0.15, 0.2) is 5.60 Å². The second-order valence-corrected chi connectivity index (χ2v) is 6.80. The Labute approximate surface area is 168 Å². The Morgan fingerprint density at radius 2 is 1.86 bits per heavy atom. The first-order valence-electron chi connectivity index (χ1n) is 9.42. The fourth-order valence-corrected chi connectivity index (χ4v) is 2.56. The van der Waals surface area contributed by atoms with Crippen LogP contribution in [0.15, 0.2) is 60.7 Å². The molecule has 0 aliphatic rings. The minimum atomic E-state index is -1.03. The minimum absolute atomic E-state index is 0.102. The molecule has 0 saturated heterocycles. The molecular weight excluding hydrogens is 354 g/mol. The fraction of sp³-hybridized carbons (Fsp3) is 0.391. The van der Waals surface area contributed by atoms with Crippen LogP contribution in [0.3, 0.4) is 0 Å². The third-order valence-electron chi connectivity index (χ3n) is 4.05. The summed E-state index contributed by atoms with van der Waals surface area (Å²) in [6.45, 7) is 13.6. The molecule has 0 atom stereocenters. The molecule has 1 aromatic carbocycles. The number of aryl methyl sites for hydroxylation is 1. The van der Waals surface area contributed by atoms with E-state index in [1.54, 1.807) is 37.0 Å². The highest BCUT2D eigenvalue weighted by Crippen LogP contribution is 2.21. The number of esters is 1. The number of hydrogen-bond acceptors (Lipinski definition) is 4. The number of ether oxygens (including phenoxy) is 2. The van der Waals surface area contributed by atoms with Crippen LogP contribution in [0.4, 0.5) is 0 Å². The van der Waals surface area contributed by atoms with Crippen LogP contribution in [0, 0.1) is 6.92 Å². The number of benzene rings is 1. The lowest BCUT2D eigenvalue weighted by molar-refractivity contribution is -0.148. The second kappa shape index (κ2) is 11.1. The van der Waals surface area contributed by atoms with Crippen molar-refractivity contribution >= 4 is 11.9 Å². The van der Waals surface area contributed by atoms with Gasteiger partial charge in [-0.2, -0.15) is 0 Å². The van der Waals surface area contributed by atoms with E-state index < -0.39 is 11.6 Å². The molecule has 1 aromatic rings. The monoisotopic (exact) mass is 385 g/mol. The Morgan fingerprint density at radius 3 is 2.39 bits per heavy atom. The fourth-order valence-electron chi connectivity index (χ4n) is 2.56. The van der Waals surface area contributed by atoms with Crippen LogP contribution in [0.25, 0.3) is 0 Å². The Hall–Kier alpha value is -2.82. The molecule has 152 valence electrons. The lowest BCUT2D eigenvalue weighted by Gasteiger charge is -2.31. The minimum Gasteiger partial charge on any atom is -0.478 e. The van der Waals surface area contributed by atoms with Gasteiger partial charge >= 0.3 is 5.97 Å². The van der Waals surface area contributed by atoms with E-state index in [1.807, 2.05) is 45.0 Å². The van der Waals surface area contributed by atoms with Gasteiger partial charge in [-0.1, -0.05) is 42.5 Å². The highest BCUT2D eigenvalue weighted by atomic mass is 16.5. The maximum Gasteiger partial charge on any atom is 0.338 e. The number of amides is 1. The summed E-state index contributed by atoms with van der Waals surface area (Å²) in [4.78, 5) is 26.6. The topological polar surface area (TPSA) is 55.8 Å². The van der Waals surface area contributed by atoms with E-state index >= 15 is 0 Å². The summed E-state index contributed by atoms with van der Waals surface area (Å²) >= 11 is 0. The molecule has 5 nitrogen and oxygen atoms in total. The lowest BCUT2D eigenvalue weighted by atomic mass is 10.1. The molecule has 1 amide bonds. The number of nitrogens with zero attached hydrogens (tertiary/aromatic N) is 1. The number of carbonyl (C=O) groups excluding carboxylic acids is 2. The quantitative estimate of drug-likeness (QED) is 0.344. The predicted octanol–water partition coefficient (Wildman–Crippen LogP) is 4.23. The van der Waals surface area contributed by atoms with Crippen molar-refractivity contribution in [2.45, 2.75) is 40.2 Å². The van der Waals surface area contributed by atoms with E-state index in [0.717, 1.165) is 5.56 Å². The van der Waals surface area contributed by atoms with E-state index in [0.29, 0.717) is 24.4 Å². The smallest absolute Gasteiger partial charge is 0.338 e. The summed E-state index contributed by atoms with van der Waals surface area (Å²) in [5, 5.41) is 0. The van der Waals surface area contributed by atoms with Crippen molar-refractivity contribution in [1.29, 1.82) is 0 Å². The number of carbonyl (C=O) groups is 2. The van der Waals surface area contributed by atoms with E-state index in [2.05, 4.69) is 6.58 Å². The normalized spacial score (nSPS) is 12.0. The highest BCUT2D eigenvalue weighted by Gasteiger charge is 2.33. The van der Waals surface area contributed by atoms with Crippen molar-refractivity contribution in [3.8, 4) is 5.75 Å². The predicted molar refractivity (Wildman–Crippen MR) is 112 cm³/mol. The summed E-state index contributed by atoms with van der Waals surface area (Å²) < 4.78 is 11.2. The molecule has 0 bridgehead atoms. The molecule has 5 heteroatoms. The average molecular weight is 386 g/mol. The highest BCUT2D eigenvalue weighted by molar-refractivity contribution is 5.92. The number of rotatable bonds is 10. The Balaban J connectivity index is 2.69. The van der Waals surface area contributed by atoms with Gasteiger partial charge in [-0.25, -0.2) is 4.79 Å². The van der Waals surface area contributed by atoms with Crippen molar-refractivity contribution in [3.05, 3.63) is 66.3 Å². The maximum atomic E-state index is 12.9. The van der Waals surface area contributed by atoms with Crippen LogP contribution < -0.4 is 4.74 Å². The second-order valence-electron chi connectivity index (χ2n) is 6.80. The van der Waals surface area contributed by atoms with Crippen molar-refractivity contribution in [1.82, 2.24) is 4.90 Å². The van der Waals surface area contributed by atoms with Crippen molar-refractivity contribution < 1.29 is 19.1 Å².